The van der Waals surface area contributed by atoms with E-state index in [-0.39, 0.29) is 11.9 Å². The number of hydrogen-bond acceptors (Lipinski definition) is 6. The van der Waals surface area contributed by atoms with Gasteiger partial charge in [-0.2, -0.15) is 0 Å². The van der Waals surface area contributed by atoms with Gasteiger partial charge in [0.25, 0.3) is 0 Å². The van der Waals surface area contributed by atoms with E-state index in [1.807, 2.05) is 28.4 Å². The molecule has 2 bridgehead atoms. The van der Waals surface area contributed by atoms with Crippen LogP contribution in [0.15, 0.2) is 36.4 Å². The minimum atomic E-state index is 0.187. The highest BCUT2D eigenvalue weighted by molar-refractivity contribution is 7.15. The van der Waals surface area contributed by atoms with Crippen LogP contribution in [-0.2, 0) is 11.2 Å². The molecule has 3 aromatic rings. The maximum Gasteiger partial charge on any atom is 0.228 e. The molecule has 0 saturated carbocycles. The van der Waals surface area contributed by atoms with Crippen molar-refractivity contribution in [3.63, 3.8) is 0 Å². The lowest BCUT2D eigenvalue weighted by Gasteiger charge is -2.36. The zero-order valence-electron chi connectivity index (χ0n) is 14.4. The van der Waals surface area contributed by atoms with Crippen LogP contribution in [0.3, 0.4) is 0 Å². The van der Waals surface area contributed by atoms with Crippen molar-refractivity contribution in [1.82, 2.24) is 24.3 Å². The lowest BCUT2D eigenvalue weighted by molar-refractivity contribution is -0.134. The van der Waals surface area contributed by atoms with Crippen LogP contribution in [0.4, 0.5) is 5.82 Å². The second kappa shape index (κ2) is 6.35. The van der Waals surface area contributed by atoms with Crippen LogP contribution >= 0.6 is 11.3 Å². The first kappa shape index (κ1) is 15.7. The topological polar surface area (TPSA) is 66.6 Å². The van der Waals surface area contributed by atoms with E-state index in [0.717, 1.165) is 42.5 Å². The van der Waals surface area contributed by atoms with Gasteiger partial charge in [-0.25, -0.2) is 9.97 Å². The third kappa shape index (κ3) is 2.84. The Balaban J connectivity index is 1.33. The summed E-state index contributed by atoms with van der Waals surface area (Å²) < 4.78 is 1.98. The molecule has 7 nitrogen and oxygen atoms in total. The van der Waals surface area contributed by atoms with E-state index in [0.29, 0.717) is 12.3 Å². The number of fused-ring (bicyclic) bond motifs is 5. The van der Waals surface area contributed by atoms with Crippen molar-refractivity contribution >= 4 is 28.0 Å². The SMILES string of the molecule is O=C(Cc1cn2ccsc2n1)N1C[C@H]2CC[C@@H]1CN(c1cnccn1)C2. The third-order valence-corrected chi connectivity index (χ3v) is 6.15. The van der Waals surface area contributed by atoms with Crippen LogP contribution in [0.5, 0.6) is 0 Å². The summed E-state index contributed by atoms with van der Waals surface area (Å²) in [5.74, 6) is 1.59. The van der Waals surface area contributed by atoms with E-state index in [2.05, 4.69) is 24.8 Å². The van der Waals surface area contributed by atoms with Crippen LogP contribution in [0.25, 0.3) is 4.96 Å². The number of carbonyl (C=O) groups is 1. The first-order valence-corrected chi connectivity index (χ1v) is 9.86. The minimum absolute atomic E-state index is 0.187. The Labute approximate surface area is 155 Å². The zero-order chi connectivity index (χ0) is 17.5. The normalized spacial score (nSPS) is 22.8. The molecule has 3 fully saturated rings. The van der Waals surface area contributed by atoms with E-state index < -0.39 is 0 Å². The van der Waals surface area contributed by atoms with Gasteiger partial charge in [0.05, 0.1) is 18.3 Å². The fourth-order valence-corrected chi connectivity index (χ4v) is 4.87. The molecule has 0 unspecified atom stereocenters. The number of hydrogen-bond donors (Lipinski definition) is 0. The van der Waals surface area contributed by atoms with Gasteiger partial charge in [-0.05, 0) is 18.8 Å². The quantitative estimate of drug-likeness (QED) is 0.706. The molecule has 6 heterocycles. The lowest BCUT2D eigenvalue weighted by Crippen LogP contribution is -2.48. The van der Waals surface area contributed by atoms with Crippen LogP contribution < -0.4 is 4.90 Å². The Hall–Kier alpha value is -2.48. The minimum Gasteiger partial charge on any atom is -0.353 e. The van der Waals surface area contributed by atoms with Gasteiger partial charge in [0.1, 0.15) is 5.82 Å². The van der Waals surface area contributed by atoms with Gasteiger partial charge in [0, 0.05) is 55.8 Å². The van der Waals surface area contributed by atoms with Crippen molar-refractivity contribution in [3.8, 4) is 0 Å². The molecule has 2 atom stereocenters. The molecule has 134 valence electrons. The third-order valence-electron chi connectivity index (χ3n) is 5.38. The highest BCUT2D eigenvalue weighted by atomic mass is 32.1. The van der Waals surface area contributed by atoms with Crippen LogP contribution in [-0.4, -0.2) is 55.8 Å². The summed E-state index contributed by atoms with van der Waals surface area (Å²) in [6, 6.07) is 0.243. The molecule has 0 spiro atoms. The number of anilines is 1. The Morgan fingerprint density at radius 2 is 2.19 bits per heavy atom. The number of carbonyl (C=O) groups excluding carboxylic acids is 1. The fraction of sp³-hybridized carbons (Fsp3) is 0.444. The van der Waals surface area contributed by atoms with Gasteiger partial charge < -0.3 is 9.80 Å². The lowest BCUT2D eigenvalue weighted by atomic mass is 9.94. The van der Waals surface area contributed by atoms with Gasteiger partial charge in [-0.3, -0.25) is 14.2 Å². The molecule has 1 amide bonds. The van der Waals surface area contributed by atoms with E-state index >= 15 is 0 Å². The van der Waals surface area contributed by atoms with Gasteiger partial charge in [-0.1, -0.05) is 0 Å². The molecular weight excluding hydrogens is 348 g/mol. The number of nitrogens with zero attached hydrogens (tertiary/aromatic N) is 6. The highest BCUT2D eigenvalue weighted by Gasteiger charge is 2.37. The summed E-state index contributed by atoms with van der Waals surface area (Å²) >= 11 is 1.59. The van der Waals surface area contributed by atoms with E-state index in [4.69, 9.17) is 0 Å². The molecule has 3 aromatic heterocycles. The van der Waals surface area contributed by atoms with Gasteiger partial charge in [0.2, 0.25) is 5.91 Å². The largest absolute Gasteiger partial charge is 0.353 e. The van der Waals surface area contributed by atoms with Crippen LogP contribution in [0.2, 0.25) is 0 Å². The fourth-order valence-electron chi connectivity index (χ4n) is 4.15. The average Bonchev–Trinajstić information content (AvgIpc) is 3.11. The van der Waals surface area contributed by atoms with E-state index in [1.54, 1.807) is 23.7 Å². The molecule has 26 heavy (non-hydrogen) atoms. The molecule has 0 radical (unpaired) electrons. The number of piperidine rings is 1. The highest BCUT2D eigenvalue weighted by Crippen LogP contribution is 2.30. The summed E-state index contributed by atoms with van der Waals surface area (Å²) in [6.07, 6.45) is 11.8. The van der Waals surface area contributed by atoms with E-state index in [9.17, 15) is 4.79 Å². The van der Waals surface area contributed by atoms with Crippen LogP contribution in [0.1, 0.15) is 18.5 Å². The first-order chi connectivity index (χ1) is 12.8. The molecule has 0 N–H and O–H groups in total. The molecule has 0 aliphatic carbocycles. The van der Waals surface area contributed by atoms with Crippen molar-refractivity contribution in [3.05, 3.63) is 42.1 Å². The molecule has 0 aromatic carbocycles. The number of rotatable bonds is 3. The molecule has 6 rings (SSSR count). The summed E-state index contributed by atoms with van der Waals surface area (Å²) in [4.78, 5) is 31.5. The second-order valence-corrected chi connectivity index (χ2v) is 7.99. The maximum absolute atomic E-state index is 13.0. The number of thiazole rings is 1. The molecule has 3 saturated heterocycles. The summed E-state index contributed by atoms with van der Waals surface area (Å²) in [7, 11) is 0. The number of aromatic nitrogens is 4. The summed E-state index contributed by atoms with van der Waals surface area (Å²) in [5, 5.41) is 2.00. The molecule has 8 heteroatoms. The predicted octanol–water partition coefficient (Wildman–Crippen LogP) is 1.86. The van der Waals surface area contributed by atoms with Crippen molar-refractivity contribution in [1.29, 1.82) is 0 Å². The first-order valence-electron chi connectivity index (χ1n) is 8.98. The number of amides is 1. The van der Waals surface area contributed by atoms with Crippen molar-refractivity contribution in [2.24, 2.45) is 5.92 Å². The summed E-state index contributed by atoms with van der Waals surface area (Å²) in [5.41, 5.74) is 0.854. The predicted molar refractivity (Wildman–Crippen MR) is 99.2 cm³/mol. The standard InChI is InChI=1S/C18H20N6OS/c25-17(7-14-11-22-5-6-26-18(22)21-14)24-10-13-1-2-15(24)12-23(9-13)16-8-19-3-4-20-16/h3-6,8,11,13,15H,1-2,7,9-10,12H2/t13-,15+/m0/s1. The Kier molecular flexibility index (Phi) is 3.85. The Morgan fingerprint density at radius 3 is 3.04 bits per heavy atom. The van der Waals surface area contributed by atoms with Crippen molar-refractivity contribution < 1.29 is 4.79 Å². The Bertz CT molecular complexity index is 894. The second-order valence-electron chi connectivity index (χ2n) is 7.11. The molecular formula is C18H20N6OS. The van der Waals surface area contributed by atoms with Crippen LogP contribution in [0, 0.1) is 5.92 Å². The smallest absolute Gasteiger partial charge is 0.228 e. The van der Waals surface area contributed by atoms with Gasteiger partial charge in [-0.15, -0.1) is 11.3 Å². The number of imidazole rings is 1. The maximum atomic E-state index is 13.0. The van der Waals surface area contributed by atoms with Gasteiger partial charge >= 0.3 is 0 Å². The average molecular weight is 368 g/mol. The summed E-state index contributed by atoms with van der Waals surface area (Å²) in [6.45, 7) is 2.61. The van der Waals surface area contributed by atoms with Crippen molar-refractivity contribution in [2.75, 3.05) is 24.5 Å². The van der Waals surface area contributed by atoms with Crippen molar-refractivity contribution in [2.45, 2.75) is 25.3 Å². The van der Waals surface area contributed by atoms with E-state index in [1.165, 1.54) is 6.42 Å². The molecule has 3 aliphatic heterocycles. The van der Waals surface area contributed by atoms with Gasteiger partial charge in [0.15, 0.2) is 4.96 Å². The Morgan fingerprint density at radius 1 is 1.23 bits per heavy atom. The zero-order valence-corrected chi connectivity index (χ0v) is 15.2. The monoisotopic (exact) mass is 368 g/mol. The molecule has 3 aliphatic rings.